The third kappa shape index (κ3) is 12.3. The van der Waals surface area contributed by atoms with E-state index in [0.29, 0.717) is 5.56 Å². The van der Waals surface area contributed by atoms with Gasteiger partial charge in [-0.2, -0.15) is 0 Å². The van der Waals surface area contributed by atoms with Crippen LogP contribution in [0.25, 0.3) is 0 Å². The van der Waals surface area contributed by atoms with Crippen molar-refractivity contribution in [1.29, 1.82) is 0 Å². The Labute approximate surface area is 286 Å². The van der Waals surface area contributed by atoms with Crippen LogP contribution in [0.5, 0.6) is 5.75 Å². The number of benzene rings is 1. The molecule has 20 heteroatoms. The van der Waals surface area contributed by atoms with E-state index in [2.05, 4.69) is 31.9 Å². The van der Waals surface area contributed by atoms with Gasteiger partial charge in [0.05, 0.1) is 24.7 Å². The Kier molecular flexibility index (Phi) is 15.1. The molecule has 0 radical (unpaired) electrons. The molecule has 2 rings (SSSR count). The second-order valence-electron chi connectivity index (χ2n) is 11.9. The molecule has 8 amide bonds. The molecule has 9 atom stereocenters. The first kappa shape index (κ1) is 40.8. The maximum absolute atomic E-state index is 13.6. The number of primary amides is 2. The second-order valence-corrected chi connectivity index (χ2v) is 11.9. The van der Waals surface area contributed by atoms with Gasteiger partial charge in [0.15, 0.2) is 0 Å². The minimum Gasteiger partial charge on any atom is -0.508 e. The number of hydrogen-bond acceptors (Lipinski definition) is 12. The SMILES string of the molecule is C[C@@H](O)[C@@H]1NC(=O)[C@H](Cc2ccc(O)cc2)NC(=O)[C@H](CC(N)=O)NC(=O)[C@H]([C@@H](C)O)NC(=O)[C@H]([C@@H](C)O)NC(=O)[C@H](CCC(N)=O)NC1=O. The maximum atomic E-state index is 13.6. The molecule has 0 spiro atoms. The number of hydrogen-bond donors (Lipinski definition) is 12. The van der Waals surface area contributed by atoms with Crippen LogP contribution in [-0.2, 0) is 44.8 Å². The van der Waals surface area contributed by atoms with Crippen molar-refractivity contribution in [3.05, 3.63) is 29.8 Å². The molecule has 14 N–H and O–H groups in total. The fourth-order valence-electron chi connectivity index (χ4n) is 4.80. The highest BCUT2D eigenvalue weighted by atomic mass is 16.3. The summed E-state index contributed by atoms with van der Waals surface area (Å²) in [5.74, 6) is -8.90. The summed E-state index contributed by atoms with van der Waals surface area (Å²) >= 11 is 0. The monoisotopic (exact) mass is 708 g/mol. The van der Waals surface area contributed by atoms with E-state index in [1.807, 2.05) is 0 Å². The lowest BCUT2D eigenvalue weighted by atomic mass is 10.0. The molecule has 1 aromatic rings. The fraction of sp³-hybridized carbons (Fsp3) is 0.533. The molecule has 0 saturated carbocycles. The standard InChI is InChI=1S/C30H44N8O12/c1-12(39)22-28(48)33-17(8-9-20(31)43)25(45)36-24(14(3)41)30(50)38-23(13(2)40)29(49)35-19(11-21(32)44)26(46)34-18(27(47)37-22)10-15-4-6-16(42)7-5-15/h4-7,12-14,17-19,22-24,39-42H,8-11H2,1-3H3,(H2,31,43)(H2,32,44)(H,33,48)(H,34,46)(H,35,49)(H,36,45)(H,37,47)(H,38,50)/t12-,13-,14-,17+,18+,19+,22+,23+,24+/m1/s1. The van der Waals surface area contributed by atoms with Crippen molar-refractivity contribution in [2.75, 3.05) is 0 Å². The number of aliphatic hydroxyl groups excluding tert-OH is 3. The molecular formula is C30H44N8O12. The van der Waals surface area contributed by atoms with Crippen molar-refractivity contribution in [3.63, 3.8) is 0 Å². The van der Waals surface area contributed by atoms with Gasteiger partial charge in [0, 0.05) is 12.8 Å². The number of phenols is 1. The highest BCUT2D eigenvalue weighted by molar-refractivity contribution is 5.99. The number of nitrogens with one attached hydrogen (secondary N) is 6. The van der Waals surface area contributed by atoms with E-state index in [-0.39, 0.29) is 12.2 Å². The van der Waals surface area contributed by atoms with Gasteiger partial charge in [-0.3, -0.25) is 38.4 Å². The first-order valence-electron chi connectivity index (χ1n) is 15.5. The number of carbonyl (C=O) groups excluding carboxylic acids is 8. The summed E-state index contributed by atoms with van der Waals surface area (Å²) in [6.45, 7) is 3.33. The molecule has 20 nitrogen and oxygen atoms in total. The first-order valence-corrected chi connectivity index (χ1v) is 15.5. The van der Waals surface area contributed by atoms with Crippen molar-refractivity contribution < 1.29 is 58.8 Å². The number of nitrogens with two attached hydrogens (primary N) is 2. The van der Waals surface area contributed by atoms with Crippen LogP contribution in [0.4, 0.5) is 0 Å². The number of phenolic OH excluding ortho intramolecular Hbond substituents is 1. The van der Waals surface area contributed by atoms with Crippen LogP contribution in [0.1, 0.15) is 45.6 Å². The smallest absolute Gasteiger partial charge is 0.245 e. The molecule has 276 valence electrons. The van der Waals surface area contributed by atoms with E-state index in [1.165, 1.54) is 24.3 Å². The lowest BCUT2D eigenvalue weighted by Crippen LogP contribution is -2.65. The molecule has 1 saturated heterocycles. The van der Waals surface area contributed by atoms with Crippen molar-refractivity contribution in [2.45, 2.75) is 101 Å². The van der Waals surface area contributed by atoms with Gasteiger partial charge in [0.1, 0.15) is 42.0 Å². The van der Waals surface area contributed by atoms with Crippen LogP contribution in [0.15, 0.2) is 24.3 Å². The Morgan fingerprint density at radius 2 is 0.980 bits per heavy atom. The molecule has 50 heavy (non-hydrogen) atoms. The Balaban J connectivity index is 2.68. The molecule has 1 aliphatic rings. The highest BCUT2D eigenvalue weighted by Gasteiger charge is 2.38. The quantitative estimate of drug-likeness (QED) is 0.108. The number of amides is 8. The van der Waals surface area contributed by atoms with E-state index < -0.39 is 121 Å². The van der Waals surface area contributed by atoms with E-state index in [9.17, 15) is 58.8 Å². The largest absolute Gasteiger partial charge is 0.508 e. The normalized spacial score (nSPS) is 26.3. The van der Waals surface area contributed by atoms with Gasteiger partial charge in [0.25, 0.3) is 0 Å². The molecule has 0 bridgehead atoms. The number of rotatable bonds is 10. The average molecular weight is 709 g/mol. The summed E-state index contributed by atoms with van der Waals surface area (Å²) in [7, 11) is 0. The molecule has 0 aromatic heterocycles. The molecule has 1 fully saturated rings. The van der Waals surface area contributed by atoms with Crippen molar-refractivity contribution in [3.8, 4) is 5.75 Å². The number of aromatic hydroxyl groups is 1. The highest BCUT2D eigenvalue weighted by Crippen LogP contribution is 2.13. The van der Waals surface area contributed by atoms with E-state index >= 15 is 0 Å². The minimum atomic E-state index is -1.84. The average Bonchev–Trinajstić information content (AvgIpc) is 3.01. The Morgan fingerprint density at radius 3 is 1.42 bits per heavy atom. The van der Waals surface area contributed by atoms with Gasteiger partial charge >= 0.3 is 0 Å². The summed E-state index contributed by atoms with van der Waals surface area (Å²) in [6.07, 6.45) is -6.90. The van der Waals surface area contributed by atoms with Crippen molar-refractivity contribution in [1.82, 2.24) is 31.9 Å². The zero-order chi connectivity index (χ0) is 37.9. The maximum Gasteiger partial charge on any atom is 0.245 e. The van der Waals surface area contributed by atoms with Gasteiger partial charge in [-0.25, -0.2) is 0 Å². The topological polar surface area (TPSA) is 342 Å². The van der Waals surface area contributed by atoms with Crippen molar-refractivity contribution >= 4 is 47.3 Å². The van der Waals surface area contributed by atoms with E-state index in [4.69, 9.17) is 11.5 Å². The van der Waals surface area contributed by atoms with Gasteiger partial charge in [-0.05, 0) is 44.9 Å². The van der Waals surface area contributed by atoms with Gasteiger partial charge < -0.3 is 63.8 Å². The van der Waals surface area contributed by atoms with Gasteiger partial charge in [-0.15, -0.1) is 0 Å². The number of carbonyl (C=O) groups is 8. The fourth-order valence-corrected chi connectivity index (χ4v) is 4.80. The van der Waals surface area contributed by atoms with Gasteiger partial charge in [0.2, 0.25) is 47.3 Å². The van der Waals surface area contributed by atoms with Crippen LogP contribution in [0.2, 0.25) is 0 Å². The summed E-state index contributed by atoms with van der Waals surface area (Å²) in [5.41, 5.74) is 10.9. The van der Waals surface area contributed by atoms with Crippen LogP contribution >= 0.6 is 0 Å². The van der Waals surface area contributed by atoms with Gasteiger partial charge in [-0.1, -0.05) is 12.1 Å². The first-order chi connectivity index (χ1) is 23.3. The predicted octanol–water partition coefficient (Wildman–Crippen LogP) is -5.86. The van der Waals surface area contributed by atoms with Crippen LogP contribution < -0.4 is 43.4 Å². The van der Waals surface area contributed by atoms with E-state index in [1.54, 1.807) is 0 Å². The summed E-state index contributed by atoms with van der Waals surface area (Å²) in [6, 6.07) is -4.99. The van der Waals surface area contributed by atoms with Crippen LogP contribution in [-0.4, -0.2) is 122 Å². The predicted molar refractivity (Wildman–Crippen MR) is 171 cm³/mol. The van der Waals surface area contributed by atoms with Crippen LogP contribution in [0.3, 0.4) is 0 Å². The lowest BCUT2D eigenvalue weighted by molar-refractivity contribution is -0.140. The Bertz CT molecular complexity index is 1440. The molecular weight excluding hydrogens is 664 g/mol. The summed E-state index contributed by atoms with van der Waals surface area (Å²) < 4.78 is 0. The molecule has 1 aromatic carbocycles. The molecule has 1 aliphatic heterocycles. The molecule has 0 aliphatic carbocycles. The number of aliphatic hydroxyl groups is 3. The third-order valence-corrected chi connectivity index (χ3v) is 7.55. The summed E-state index contributed by atoms with van der Waals surface area (Å²) in [4.78, 5) is 104. The Morgan fingerprint density at radius 1 is 0.600 bits per heavy atom. The minimum absolute atomic E-state index is 0.114. The Hall–Kier alpha value is -5.34. The lowest BCUT2D eigenvalue weighted by Gasteiger charge is -2.30. The third-order valence-electron chi connectivity index (χ3n) is 7.55. The van der Waals surface area contributed by atoms with E-state index in [0.717, 1.165) is 20.8 Å². The zero-order valence-corrected chi connectivity index (χ0v) is 27.5. The van der Waals surface area contributed by atoms with Crippen molar-refractivity contribution in [2.24, 2.45) is 11.5 Å². The second kappa shape index (κ2) is 18.4. The zero-order valence-electron chi connectivity index (χ0n) is 27.5. The summed E-state index contributed by atoms with van der Waals surface area (Å²) in [5, 5.41) is 54.3. The molecule has 0 unspecified atom stereocenters. The van der Waals surface area contributed by atoms with Crippen LogP contribution in [0, 0.1) is 0 Å². The molecule has 1 heterocycles.